The van der Waals surface area contributed by atoms with Crippen molar-refractivity contribution in [2.45, 2.75) is 26.8 Å². The zero-order chi connectivity index (χ0) is 28.4. The van der Waals surface area contributed by atoms with Crippen LogP contribution in [0.1, 0.15) is 25.5 Å². The summed E-state index contributed by atoms with van der Waals surface area (Å²) in [5, 5.41) is 3.03. The molecule has 3 amide bonds. The minimum Gasteiger partial charge on any atom is -0.484 e. The van der Waals surface area contributed by atoms with Crippen LogP contribution in [0.15, 0.2) is 65.1 Å². The van der Waals surface area contributed by atoms with E-state index in [0.717, 1.165) is 21.1 Å². The number of anilines is 1. The van der Waals surface area contributed by atoms with Crippen LogP contribution >= 0.6 is 15.9 Å². The Labute approximate surface area is 240 Å². The number of fused-ring (bicyclic) bond motifs is 1. The molecule has 1 N–H and O–H groups in total. The number of nitrogens with one attached hydrogen (secondary N) is 1. The number of hydrogen-bond acceptors (Lipinski definition) is 4. The van der Waals surface area contributed by atoms with Crippen LogP contribution in [0.3, 0.4) is 0 Å². The molecule has 0 radical (unpaired) electrons. The van der Waals surface area contributed by atoms with E-state index in [0.29, 0.717) is 49.0 Å². The van der Waals surface area contributed by atoms with Crippen molar-refractivity contribution in [2.24, 2.45) is 0 Å². The molecular formula is C30H31BrFN5O3. The number of ether oxygens (including phenoxy) is 1. The number of halogens is 2. The second-order valence-electron chi connectivity index (χ2n) is 10.1. The minimum absolute atomic E-state index is 0.0480. The third kappa shape index (κ3) is 5.96. The zero-order valence-corrected chi connectivity index (χ0v) is 24.2. The van der Waals surface area contributed by atoms with Crippen LogP contribution in [0.25, 0.3) is 22.4 Å². The predicted molar refractivity (Wildman–Crippen MR) is 157 cm³/mol. The van der Waals surface area contributed by atoms with Crippen LogP contribution in [0.2, 0.25) is 0 Å². The lowest BCUT2D eigenvalue weighted by atomic mass is 10.1. The first kappa shape index (κ1) is 27.6. The maximum absolute atomic E-state index is 13.9. The van der Waals surface area contributed by atoms with E-state index in [-0.39, 0.29) is 30.4 Å². The Bertz CT molecular complexity index is 1550. The summed E-state index contributed by atoms with van der Waals surface area (Å²) in [7, 11) is 0. The molecule has 0 bridgehead atoms. The van der Waals surface area contributed by atoms with E-state index in [2.05, 4.69) is 39.7 Å². The molecule has 0 aliphatic carbocycles. The topological polar surface area (TPSA) is 79.7 Å². The average Bonchev–Trinajstić information content (AvgIpc) is 3.32. The van der Waals surface area contributed by atoms with Gasteiger partial charge in [0.25, 0.3) is 5.91 Å². The van der Waals surface area contributed by atoms with Crippen molar-refractivity contribution < 1.29 is 18.7 Å². The molecule has 2 heterocycles. The number of imidazole rings is 1. The van der Waals surface area contributed by atoms with E-state index in [9.17, 15) is 14.0 Å². The fourth-order valence-corrected chi connectivity index (χ4v) is 5.08. The van der Waals surface area contributed by atoms with Crippen LogP contribution in [0, 0.1) is 12.7 Å². The van der Waals surface area contributed by atoms with E-state index >= 15 is 0 Å². The van der Waals surface area contributed by atoms with Gasteiger partial charge in [-0.25, -0.2) is 14.2 Å². The maximum atomic E-state index is 13.9. The van der Waals surface area contributed by atoms with Crippen LogP contribution in [-0.4, -0.2) is 64.1 Å². The van der Waals surface area contributed by atoms with Gasteiger partial charge in [0.2, 0.25) is 0 Å². The Morgan fingerprint density at radius 3 is 2.40 bits per heavy atom. The molecule has 0 spiro atoms. The molecule has 4 aromatic rings. The van der Waals surface area contributed by atoms with E-state index in [1.807, 2.05) is 37.3 Å². The first-order valence-corrected chi connectivity index (χ1v) is 14.0. The Morgan fingerprint density at radius 2 is 1.70 bits per heavy atom. The molecule has 1 aromatic heterocycles. The number of nitrogens with zero attached hydrogens (tertiary/aromatic N) is 4. The SMILES string of the molecule is Cc1ccc(-c2nc3cc(F)ccc3n2C(C)C)cc1NC(=O)N1CCN(C(=O)COc2ccc(Br)cc2)CC1. The molecule has 1 aliphatic rings. The summed E-state index contributed by atoms with van der Waals surface area (Å²) in [4.78, 5) is 33.9. The van der Waals surface area contributed by atoms with Gasteiger partial charge in [0, 0.05) is 54.0 Å². The molecule has 40 heavy (non-hydrogen) atoms. The summed E-state index contributed by atoms with van der Waals surface area (Å²) in [5.74, 6) is 0.898. The number of hydrogen-bond donors (Lipinski definition) is 1. The molecule has 0 atom stereocenters. The molecule has 3 aromatic carbocycles. The van der Waals surface area contributed by atoms with Crippen molar-refractivity contribution in [2.75, 3.05) is 38.1 Å². The molecule has 0 saturated carbocycles. The second-order valence-corrected chi connectivity index (χ2v) is 11.0. The molecule has 0 unspecified atom stereocenters. The Morgan fingerprint density at radius 1 is 1.00 bits per heavy atom. The van der Waals surface area contributed by atoms with Crippen molar-refractivity contribution in [3.63, 3.8) is 0 Å². The number of benzene rings is 3. The maximum Gasteiger partial charge on any atom is 0.321 e. The Balaban J connectivity index is 1.23. The van der Waals surface area contributed by atoms with Crippen LogP contribution in [0.4, 0.5) is 14.9 Å². The van der Waals surface area contributed by atoms with Crippen LogP contribution in [-0.2, 0) is 4.79 Å². The number of carbonyl (C=O) groups excluding carboxylic acids is 2. The van der Waals surface area contributed by atoms with Gasteiger partial charge in [-0.2, -0.15) is 0 Å². The highest BCUT2D eigenvalue weighted by atomic mass is 79.9. The normalized spacial score (nSPS) is 13.7. The first-order chi connectivity index (χ1) is 19.2. The average molecular weight is 609 g/mol. The minimum atomic E-state index is -0.330. The number of piperazine rings is 1. The number of carbonyl (C=O) groups is 2. The highest BCUT2D eigenvalue weighted by Gasteiger charge is 2.25. The molecule has 1 fully saturated rings. The smallest absolute Gasteiger partial charge is 0.321 e. The lowest BCUT2D eigenvalue weighted by Crippen LogP contribution is -2.52. The monoisotopic (exact) mass is 607 g/mol. The van der Waals surface area contributed by atoms with Crippen molar-refractivity contribution in [3.8, 4) is 17.1 Å². The second kappa shape index (κ2) is 11.7. The summed E-state index contributed by atoms with van der Waals surface area (Å²) in [6, 6.07) is 17.6. The summed E-state index contributed by atoms with van der Waals surface area (Å²) < 4.78 is 22.5. The predicted octanol–water partition coefficient (Wildman–Crippen LogP) is 6.25. The van der Waals surface area contributed by atoms with Gasteiger partial charge in [-0.3, -0.25) is 4.79 Å². The van der Waals surface area contributed by atoms with E-state index in [1.165, 1.54) is 12.1 Å². The summed E-state index contributed by atoms with van der Waals surface area (Å²) >= 11 is 3.38. The van der Waals surface area contributed by atoms with Gasteiger partial charge >= 0.3 is 6.03 Å². The fraction of sp³-hybridized carbons (Fsp3) is 0.300. The van der Waals surface area contributed by atoms with Crippen LogP contribution in [0.5, 0.6) is 5.75 Å². The fourth-order valence-electron chi connectivity index (χ4n) is 4.81. The van der Waals surface area contributed by atoms with Gasteiger partial charge in [0.1, 0.15) is 17.4 Å². The van der Waals surface area contributed by atoms with Gasteiger partial charge in [0.15, 0.2) is 6.61 Å². The van der Waals surface area contributed by atoms with Gasteiger partial charge < -0.3 is 24.4 Å². The Hall–Kier alpha value is -3.92. The number of amides is 3. The van der Waals surface area contributed by atoms with Gasteiger partial charge in [-0.15, -0.1) is 0 Å². The number of aryl methyl sites for hydroxylation is 1. The van der Waals surface area contributed by atoms with Crippen molar-refractivity contribution in [3.05, 3.63) is 76.5 Å². The first-order valence-electron chi connectivity index (χ1n) is 13.2. The molecule has 5 rings (SSSR count). The molecule has 208 valence electrons. The quantitative estimate of drug-likeness (QED) is 0.281. The standard InChI is InChI=1S/C30H31BrFN5O3/c1-19(2)37-27-11-8-23(32)17-26(27)33-29(37)21-5-4-20(3)25(16-21)34-30(39)36-14-12-35(13-15-36)28(38)18-40-24-9-6-22(31)7-10-24/h4-11,16-17,19H,12-15,18H2,1-3H3,(H,34,39). The third-order valence-corrected chi connectivity index (χ3v) is 7.53. The van der Waals surface area contributed by atoms with E-state index < -0.39 is 0 Å². The van der Waals surface area contributed by atoms with Crippen molar-refractivity contribution in [1.29, 1.82) is 0 Å². The Kier molecular flexibility index (Phi) is 8.07. The van der Waals surface area contributed by atoms with Gasteiger partial charge in [0.05, 0.1) is 11.0 Å². The summed E-state index contributed by atoms with van der Waals surface area (Å²) in [6.45, 7) is 7.71. The molecule has 1 saturated heterocycles. The number of urea groups is 1. The van der Waals surface area contributed by atoms with Gasteiger partial charge in [-0.1, -0.05) is 28.1 Å². The highest BCUT2D eigenvalue weighted by molar-refractivity contribution is 9.10. The van der Waals surface area contributed by atoms with Crippen molar-refractivity contribution >= 4 is 44.6 Å². The number of rotatable bonds is 6. The van der Waals surface area contributed by atoms with E-state index in [4.69, 9.17) is 9.72 Å². The largest absolute Gasteiger partial charge is 0.484 e. The number of aromatic nitrogens is 2. The van der Waals surface area contributed by atoms with Crippen LogP contribution < -0.4 is 10.1 Å². The molecule has 1 aliphatic heterocycles. The molecular weight excluding hydrogens is 577 g/mol. The lowest BCUT2D eigenvalue weighted by Gasteiger charge is -2.34. The third-order valence-electron chi connectivity index (χ3n) is 7.00. The lowest BCUT2D eigenvalue weighted by molar-refractivity contribution is -0.134. The van der Waals surface area contributed by atoms with Crippen molar-refractivity contribution in [1.82, 2.24) is 19.4 Å². The summed E-state index contributed by atoms with van der Waals surface area (Å²) in [5.41, 5.74) is 3.86. The highest BCUT2D eigenvalue weighted by Crippen LogP contribution is 2.31. The summed E-state index contributed by atoms with van der Waals surface area (Å²) in [6.07, 6.45) is 0. The molecule has 8 nitrogen and oxygen atoms in total. The zero-order valence-electron chi connectivity index (χ0n) is 22.7. The molecule has 10 heteroatoms. The van der Waals surface area contributed by atoms with Gasteiger partial charge in [-0.05, 0) is 68.8 Å². The van der Waals surface area contributed by atoms with E-state index in [1.54, 1.807) is 28.0 Å².